The van der Waals surface area contributed by atoms with Crippen molar-refractivity contribution < 1.29 is 4.74 Å². The highest BCUT2D eigenvalue weighted by Crippen LogP contribution is 2.39. The highest BCUT2D eigenvalue weighted by molar-refractivity contribution is 5.88. The first-order chi connectivity index (χ1) is 11.7. The van der Waals surface area contributed by atoms with Gasteiger partial charge in [-0.2, -0.15) is 0 Å². The molecule has 0 aromatic heterocycles. The van der Waals surface area contributed by atoms with E-state index in [0.29, 0.717) is 0 Å². The number of likely N-dealkylation sites (N-methyl/N-ethyl adjacent to an activating group) is 1. The molecular formula is C22H25NO. The highest BCUT2D eigenvalue weighted by Gasteiger charge is 2.21. The predicted octanol–water partition coefficient (Wildman–Crippen LogP) is 4.89. The van der Waals surface area contributed by atoms with Crippen LogP contribution in [0.5, 0.6) is 5.75 Å². The van der Waals surface area contributed by atoms with Crippen molar-refractivity contribution in [1.29, 1.82) is 0 Å². The van der Waals surface area contributed by atoms with Gasteiger partial charge in [0.2, 0.25) is 0 Å². The molecule has 0 heterocycles. The number of hydrogen-bond acceptors (Lipinski definition) is 2. The number of allylic oxidation sites excluding steroid dienone is 2. The standard InChI is InChI=1S/C22H25NO/c1-23(2)16-20-12-11-19(22(20)18-7-5-4-6-8-18)15-17-9-13-21(24-3)14-10-17/h4-10,13-15H,11-12,16H2,1-3H3. The third-order valence-electron chi connectivity index (χ3n) is 4.40. The Hall–Kier alpha value is -2.32. The van der Waals surface area contributed by atoms with E-state index in [4.69, 9.17) is 4.74 Å². The van der Waals surface area contributed by atoms with E-state index in [1.807, 2.05) is 12.1 Å². The molecule has 0 saturated heterocycles. The van der Waals surface area contributed by atoms with E-state index in [-0.39, 0.29) is 0 Å². The molecule has 0 radical (unpaired) electrons. The van der Waals surface area contributed by atoms with Crippen molar-refractivity contribution in [1.82, 2.24) is 4.90 Å². The second kappa shape index (κ2) is 7.50. The Balaban J connectivity index is 1.99. The van der Waals surface area contributed by atoms with Crippen molar-refractivity contribution in [3.05, 3.63) is 76.9 Å². The van der Waals surface area contributed by atoms with Crippen molar-refractivity contribution in [2.45, 2.75) is 12.8 Å². The summed E-state index contributed by atoms with van der Waals surface area (Å²) in [5, 5.41) is 0. The van der Waals surface area contributed by atoms with Crippen LogP contribution in [0.15, 0.2) is 65.7 Å². The maximum Gasteiger partial charge on any atom is 0.118 e. The number of methoxy groups -OCH3 is 1. The molecule has 1 aliphatic rings. The summed E-state index contributed by atoms with van der Waals surface area (Å²) < 4.78 is 5.25. The highest BCUT2D eigenvalue weighted by atomic mass is 16.5. The lowest BCUT2D eigenvalue weighted by Crippen LogP contribution is -2.14. The van der Waals surface area contributed by atoms with Gasteiger partial charge in [0.05, 0.1) is 7.11 Å². The summed E-state index contributed by atoms with van der Waals surface area (Å²) in [5.41, 5.74) is 6.95. The smallest absolute Gasteiger partial charge is 0.118 e. The van der Waals surface area contributed by atoms with Crippen molar-refractivity contribution in [2.24, 2.45) is 0 Å². The van der Waals surface area contributed by atoms with Gasteiger partial charge in [-0.05, 0) is 66.9 Å². The Morgan fingerprint density at radius 1 is 0.958 bits per heavy atom. The quantitative estimate of drug-likeness (QED) is 0.778. The Morgan fingerprint density at radius 3 is 2.29 bits per heavy atom. The molecule has 0 saturated carbocycles. The third kappa shape index (κ3) is 3.77. The molecule has 0 unspecified atom stereocenters. The van der Waals surface area contributed by atoms with Crippen LogP contribution in [-0.2, 0) is 0 Å². The molecule has 0 atom stereocenters. The minimum Gasteiger partial charge on any atom is -0.497 e. The molecule has 2 heteroatoms. The summed E-state index contributed by atoms with van der Waals surface area (Å²) >= 11 is 0. The van der Waals surface area contributed by atoms with Gasteiger partial charge in [0.25, 0.3) is 0 Å². The number of hydrogen-bond donors (Lipinski definition) is 0. The second-order valence-corrected chi connectivity index (χ2v) is 6.53. The molecule has 1 aliphatic carbocycles. The monoisotopic (exact) mass is 319 g/mol. The normalized spacial score (nSPS) is 16.2. The van der Waals surface area contributed by atoms with Crippen LogP contribution in [0.2, 0.25) is 0 Å². The van der Waals surface area contributed by atoms with Gasteiger partial charge in [-0.25, -0.2) is 0 Å². The van der Waals surface area contributed by atoms with Gasteiger partial charge in [0.15, 0.2) is 0 Å². The predicted molar refractivity (Wildman–Crippen MR) is 102 cm³/mol. The van der Waals surface area contributed by atoms with Gasteiger partial charge < -0.3 is 9.64 Å². The van der Waals surface area contributed by atoms with Gasteiger partial charge in [0.1, 0.15) is 5.75 Å². The van der Waals surface area contributed by atoms with E-state index >= 15 is 0 Å². The Labute approximate surface area is 145 Å². The fraction of sp³-hybridized carbons (Fsp3) is 0.273. The van der Waals surface area contributed by atoms with Gasteiger partial charge in [-0.1, -0.05) is 48.5 Å². The summed E-state index contributed by atoms with van der Waals surface area (Å²) in [4.78, 5) is 2.26. The van der Waals surface area contributed by atoms with Crippen LogP contribution in [0.1, 0.15) is 24.0 Å². The van der Waals surface area contributed by atoms with Gasteiger partial charge in [-0.3, -0.25) is 0 Å². The summed E-state index contributed by atoms with van der Waals surface area (Å²) in [6, 6.07) is 19.1. The average Bonchev–Trinajstić information content (AvgIpc) is 2.98. The Kier molecular flexibility index (Phi) is 5.17. The third-order valence-corrected chi connectivity index (χ3v) is 4.40. The first-order valence-electron chi connectivity index (χ1n) is 8.44. The van der Waals surface area contributed by atoms with Crippen LogP contribution in [0, 0.1) is 0 Å². The lowest BCUT2D eigenvalue weighted by molar-refractivity contribution is 0.415. The molecule has 2 aromatic carbocycles. The number of benzene rings is 2. The molecule has 0 fully saturated rings. The van der Waals surface area contributed by atoms with E-state index in [2.05, 4.69) is 67.5 Å². The largest absolute Gasteiger partial charge is 0.497 e. The topological polar surface area (TPSA) is 12.5 Å². The van der Waals surface area contributed by atoms with E-state index in [9.17, 15) is 0 Å². The molecule has 0 amide bonds. The van der Waals surface area contributed by atoms with Gasteiger partial charge in [-0.15, -0.1) is 0 Å². The van der Waals surface area contributed by atoms with Crippen molar-refractivity contribution >= 4 is 11.6 Å². The van der Waals surface area contributed by atoms with Crippen molar-refractivity contribution in [3.63, 3.8) is 0 Å². The molecular weight excluding hydrogens is 294 g/mol. The van der Waals surface area contributed by atoms with Crippen LogP contribution >= 0.6 is 0 Å². The lowest BCUT2D eigenvalue weighted by atomic mass is 9.96. The minimum atomic E-state index is 0.899. The maximum absolute atomic E-state index is 5.25. The van der Waals surface area contributed by atoms with E-state index < -0.39 is 0 Å². The molecule has 0 aliphatic heterocycles. The van der Waals surface area contributed by atoms with Gasteiger partial charge in [0, 0.05) is 6.54 Å². The van der Waals surface area contributed by atoms with E-state index in [1.165, 1.54) is 27.8 Å². The number of nitrogens with zero attached hydrogens (tertiary/aromatic N) is 1. The van der Waals surface area contributed by atoms with E-state index in [1.54, 1.807) is 7.11 Å². The van der Waals surface area contributed by atoms with Crippen LogP contribution in [0.25, 0.3) is 11.6 Å². The molecule has 0 bridgehead atoms. The summed E-state index contributed by atoms with van der Waals surface area (Å²) in [5.74, 6) is 0.899. The second-order valence-electron chi connectivity index (χ2n) is 6.53. The van der Waals surface area contributed by atoms with Crippen LogP contribution in [-0.4, -0.2) is 32.6 Å². The summed E-state index contributed by atoms with van der Waals surface area (Å²) in [6.45, 7) is 1.02. The first kappa shape index (κ1) is 16.5. The molecule has 3 rings (SSSR count). The molecule has 124 valence electrons. The molecule has 24 heavy (non-hydrogen) atoms. The number of rotatable bonds is 5. The average molecular weight is 319 g/mol. The number of ether oxygens (including phenoxy) is 1. The zero-order valence-corrected chi connectivity index (χ0v) is 14.8. The fourth-order valence-corrected chi connectivity index (χ4v) is 3.34. The SMILES string of the molecule is COc1ccc(C=C2CCC(CN(C)C)=C2c2ccccc2)cc1. The van der Waals surface area contributed by atoms with E-state index in [0.717, 1.165) is 25.1 Å². The van der Waals surface area contributed by atoms with Crippen LogP contribution in [0.4, 0.5) is 0 Å². The molecule has 0 spiro atoms. The van der Waals surface area contributed by atoms with Crippen LogP contribution < -0.4 is 4.74 Å². The van der Waals surface area contributed by atoms with Gasteiger partial charge >= 0.3 is 0 Å². The molecule has 2 nitrogen and oxygen atoms in total. The van der Waals surface area contributed by atoms with Crippen molar-refractivity contribution in [3.8, 4) is 5.75 Å². The Morgan fingerprint density at radius 2 is 1.67 bits per heavy atom. The van der Waals surface area contributed by atoms with Crippen molar-refractivity contribution in [2.75, 3.05) is 27.7 Å². The lowest BCUT2D eigenvalue weighted by Gasteiger charge is -2.14. The molecule has 2 aromatic rings. The summed E-state index contributed by atoms with van der Waals surface area (Å²) in [6.07, 6.45) is 4.58. The first-order valence-corrected chi connectivity index (χ1v) is 8.44. The zero-order valence-electron chi connectivity index (χ0n) is 14.8. The summed E-state index contributed by atoms with van der Waals surface area (Å²) in [7, 11) is 5.98. The minimum absolute atomic E-state index is 0.899. The Bertz CT molecular complexity index is 739. The molecule has 0 N–H and O–H groups in total. The zero-order chi connectivity index (χ0) is 16.9. The fourth-order valence-electron chi connectivity index (χ4n) is 3.34. The maximum atomic E-state index is 5.25. The van der Waals surface area contributed by atoms with Crippen LogP contribution in [0.3, 0.4) is 0 Å².